The highest BCUT2D eigenvalue weighted by Gasteiger charge is 2.24. The van der Waals surface area contributed by atoms with Crippen molar-refractivity contribution in [2.24, 2.45) is 0 Å². The Morgan fingerprint density at radius 2 is 1.84 bits per heavy atom. The van der Waals surface area contributed by atoms with E-state index in [0.29, 0.717) is 35.9 Å². The number of methoxy groups -OCH3 is 1. The molecular weight excluding hydrogens is 410 g/mol. The van der Waals surface area contributed by atoms with Crippen LogP contribution >= 0.6 is 0 Å². The zero-order valence-electron chi connectivity index (χ0n) is 18.6. The number of carboxylic acids is 1. The predicted molar refractivity (Wildman–Crippen MR) is 120 cm³/mol. The van der Waals surface area contributed by atoms with Gasteiger partial charge >= 0.3 is 5.97 Å². The minimum atomic E-state index is -1.07. The summed E-state index contributed by atoms with van der Waals surface area (Å²) in [5.74, 6) is -0.226. The average Bonchev–Trinajstić information content (AvgIpc) is 3.24. The average molecular weight is 438 g/mol. The van der Waals surface area contributed by atoms with E-state index in [0.717, 1.165) is 12.1 Å². The van der Waals surface area contributed by atoms with Gasteiger partial charge in [0.05, 0.1) is 30.1 Å². The topological polar surface area (TPSA) is 101 Å². The molecule has 0 radical (unpaired) electrons. The fraction of sp³-hybridized carbons (Fsp3) is 0.304. The van der Waals surface area contributed by atoms with Crippen molar-refractivity contribution in [1.82, 2.24) is 24.6 Å². The molecule has 0 atom stereocenters. The fourth-order valence-corrected chi connectivity index (χ4v) is 3.27. The number of hydrogen-bond acceptors (Lipinski definition) is 6. The van der Waals surface area contributed by atoms with Gasteiger partial charge in [-0.25, -0.2) is 14.5 Å². The van der Waals surface area contributed by atoms with Crippen LogP contribution in [0.25, 0.3) is 17.1 Å². The quantitative estimate of drug-likeness (QED) is 0.549. The predicted octanol–water partition coefficient (Wildman–Crippen LogP) is 2.66. The number of hydrogen-bond donors (Lipinski definition) is 1. The summed E-state index contributed by atoms with van der Waals surface area (Å²) < 4.78 is 6.75. The molecule has 32 heavy (non-hydrogen) atoms. The van der Waals surface area contributed by atoms with E-state index in [4.69, 9.17) is 4.74 Å². The number of rotatable bonds is 9. The summed E-state index contributed by atoms with van der Waals surface area (Å²) in [4.78, 5) is 33.0. The highest BCUT2D eigenvalue weighted by molar-refractivity contribution is 6.00. The van der Waals surface area contributed by atoms with E-state index >= 15 is 0 Å². The van der Waals surface area contributed by atoms with Gasteiger partial charge in [0.2, 0.25) is 0 Å². The summed E-state index contributed by atoms with van der Waals surface area (Å²) in [6, 6.07) is 10.1. The van der Waals surface area contributed by atoms with Crippen LogP contribution in [0.4, 0.5) is 0 Å². The van der Waals surface area contributed by atoms with Crippen LogP contribution in [0.15, 0.2) is 48.8 Å². The molecule has 0 fully saturated rings. The molecule has 0 saturated heterocycles. The normalized spacial score (nSPS) is 10.9. The molecule has 1 N–H and O–H groups in total. The smallest absolute Gasteiger partial charge is 0.335 e. The number of likely N-dealkylation sites (N-methyl/N-ethyl adjacent to an activating group) is 2. The van der Waals surface area contributed by atoms with Crippen molar-refractivity contribution in [3.05, 3.63) is 59.9 Å². The molecule has 0 aliphatic rings. The number of pyridine rings is 1. The molecule has 9 nitrogen and oxygen atoms in total. The first-order chi connectivity index (χ1) is 15.3. The molecule has 9 heteroatoms. The monoisotopic (exact) mass is 437 g/mol. The van der Waals surface area contributed by atoms with Crippen molar-refractivity contribution in [1.29, 1.82) is 0 Å². The lowest BCUT2D eigenvalue weighted by molar-refractivity contribution is 0.0695. The first-order valence-corrected chi connectivity index (χ1v) is 10.2. The fourth-order valence-electron chi connectivity index (χ4n) is 3.27. The van der Waals surface area contributed by atoms with Gasteiger partial charge in [-0.1, -0.05) is 0 Å². The summed E-state index contributed by atoms with van der Waals surface area (Å²) >= 11 is 0. The maximum Gasteiger partial charge on any atom is 0.335 e. The third-order valence-electron chi connectivity index (χ3n) is 5.06. The summed E-state index contributed by atoms with van der Waals surface area (Å²) in [5, 5.41) is 13.8. The van der Waals surface area contributed by atoms with Gasteiger partial charge in [-0.3, -0.25) is 4.79 Å². The van der Waals surface area contributed by atoms with E-state index in [1.165, 1.54) is 29.2 Å². The molecule has 0 aliphatic heterocycles. The van der Waals surface area contributed by atoms with E-state index in [1.54, 1.807) is 24.1 Å². The van der Waals surface area contributed by atoms with Gasteiger partial charge in [-0.2, -0.15) is 5.10 Å². The standard InChI is InChI=1S/C23H27N5O4/c1-5-27(13-12-26(2)3)22(29)19-15-25-28(20-14-17(23(30)31)10-11-24-20)21(19)16-6-8-18(32-4)9-7-16/h6-11,14-15H,5,12-13H2,1-4H3,(H,30,31). The van der Waals surface area contributed by atoms with Gasteiger partial charge < -0.3 is 19.6 Å². The molecule has 0 unspecified atom stereocenters. The first-order valence-electron chi connectivity index (χ1n) is 10.2. The molecule has 2 heterocycles. The molecule has 0 spiro atoms. The van der Waals surface area contributed by atoms with E-state index in [1.807, 2.05) is 38.1 Å². The Labute approximate surface area is 186 Å². The van der Waals surface area contributed by atoms with Gasteiger partial charge in [-0.15, -0.1) is 0 Å². The minimum Gasteiger partial charge on any atom is -0.497 e. The molecular formula is C23H27N5O4. The Balaban J connectivity index is 2.12. The van der Waals surface area contributed by atoms with E-state index in [-0.39, 0.29) is 11.5 Å². The van der Waals surface area contributed by atoms with Gasteiger partial charge in [0.25, 0.3) is 5.91 Å². The third-order valence-corrected chi connectivity index (χ3v) is 5.06. The molecule has 3 rings (SSSR count). The number of aromatic carboxylic acids is 1. The zero-order valence-corrected chi connectivity index (χ0v) is 18.6. The number of carboxylic acid groups (broad SMARTS) is 1. The van der Waals surface area contributed by atoms with Gasteiger partial charge in [0, 0.05) is 31.4 Å². The maximum atomic E-state index is 13.4. The summed E-state index contributed by atoms with van der Waals surface area (Å²) in [6.07, 6.45) is 2.92. The molecule has 168 valence electrons. The van der Waals surface area contributed by atoms with Crippen LogP contribution in [0, 0.1) is 0 Å². The van der Waals surface area contributed by atoms with Crippen molar-refractivity contribution in [3.8, 4) is 22.8 Å². The Morgan fingerprint density at radius 3 is 2.44 bits per heavy atom. The van der Waals surface area contributed by atoms with Crippen LogP contribution in [0.1, 0.15) is 27.6 Å². The van der Waals surface area contributed by atoms with Gasteiger partial charge in [0.15, 0.2) is 5.82 Å². The SMILES string of the molecule is CCN(CCN(C)C)C(=O)c1cnn(-c2cc(C(=O)O)ccn2)c1-c1ccc(OC)cc1. The molecule has 1 amide bonds. The molecule has 0 saturated carbocycles. The number of nitrogens with zero attached hydrogens (tertiary/aromatic N) is 5. The second-order valence-corrected chi connectivity index (χ2v) is 7.44. The van der Waals surface area contributed by atoms with Crippen LogP contribution in [0.3, 0.4) is 0 Å². The summed E-state index contributed by atoms with van der Waals surface area (Å²) in [6.45, 7) is 3.78. The highest BCUT2D eigenvalue weighted by Crippen LogP contribution is 2.29. The third kappa shape index (κ3) is 4.94. The zero-order chi connectivity index (χ0) is 23.3. The van der Waals surface area contributed by atoms with E-state index in [2.05, 4.69) is 10.1 Å². The highest BCUT2D eigenvalue weighted by atomic mass is 16.5. The lowest BCUT2D eigenvalue weighted by atomic mass is 10.1. The van der Waals surface area contributed by atoms with Crippen LogP contribution in [-0.2, 0) is 0 Å². The van der Waals surface area contributed by atoms with E-state index < -0.39 is 5.97 Å². The molecule has 3 aromatic rings. The van der Waals surface area contributed by atoms with Crippen LogP contribution < -0.4 is 4.74 Å². The molecule has 1 aromatic carbocycles. The molecule has 2 aromatic heterocycles. The van der Waals surface area contributed by atoms with Crippen LogP contribution in [-0.4, -0.2) is 82.4 Å². The summed E-state index contributed by atoms with van der Waals surface area (Å²) in [7, 11) is 5.50. The number of ether oxygens (including phenoxy) is 1. The second-order valence-electron chi connectivity index (χ2n) is 7.44. The van der Waals surface area contributed by atoms with Gasteiger partial charge in [0.1, 0.15) is 5.75 Å². The Morgan fingerprint density at radius 1 is 1.12 bits per heavy atom. The number of carbonyl (C=O) groups excluding carboxylic acids is 1. The number of benzene rings is 1. The second kappa shape index (κ2) is 10.1. The number of aromatic nitrogens is 3. The number of carbonyl (C=O) groups is 2. The van der Waals surface area contributed by atoms with Crippen LogP contribution in [0.2, 0.25) is 0 Å². The van der Waals surface area contributed by atoms with Crippen molar-refractivity contribution in [2.75, 3.05) is 40.8 Å². The van der Waals surface area contributed by atoms with Crippen LogP contribution in [0.5, 0.6) is 5.75 Å². The largest absolute Gasteiger partial charge is 0.497 e. The van der Waals surface area contributed by atoms with Crippen molar-refractivity contribution >= 4 is 11.9 Å². The number of amides is 1. The van der Waals surface area contributed by atoms with Crippen molar-refractivity contribution in [3.63, 3.8) is 0 Å². The first kappa shape index (κ1) is 23.0. The van der Waals surface area contributed by atoms with Gasteiger partial charge in [-0.05, 0) is 57.4 Å². The molecule has 0 aliphatic carbocycles. The summed E-state index contributed by atoms with van der Waals surface area (Å²) in [5.41, 5.74) is 1.77. The molecule has 0 bridgehead atoms. The maximum absolute atomic E-state index is 13.4. The minimum absolute atomic E-state index is 0.0835. The lowest BCUT2D eigenvalue weighted by Gasteiger charge is -2.23. The Bertz CT molecular complexity index is 1090. The Kier molecular flexibility index (Phi) is 7.21. The lowest BCUT2D eigenvalue weighted by Crippen LogP contribution is -2.36. The van der Waals surface area contributed by atoms with Crippen molar-refractivity contribution in [2.45, 2.75) is 6.92 Å². The van der Waals surface area contributed by atoms with E-state index in [9.17, 15) is 14.7 Å². The Hall–Kier alpha value is -3.72. The van der Waals surface area contributed by atoms with Crippen molar-refractivity contribution < 1.29 is 19.4 Å².